The lowest BCUT2D eigenvalue weighted by Gasteiger charge is -2.37. The van der Waals surface area contributed by atoms with E-state index in [9.17, 15) is 19.5 Å². The molecule has 1 heterocycles. The van der Waals surface area contributed by atoms with Crippen LogP contribution in [0.1, 0.15) is 49.4 Å². The largest absolute Gasteiger partial charge is 0.480 e. The molecule has 10 heteroatoms. The molecule has 0 saturated heterocycles. The molecule has 3 aromatic rings. The van der Waals surface area contributed by atoms with Crippen LogP contribution < -0.4 is 16.0 Å². The van der Waals surface area contributed by atoms with Gasteiger partial charge in [0.05, 0.1) is 21.3 Å². The summed E-state index contributed by atoms with van der Waals surface area (Å²) in [5.74, 6) is -1.83. The third-order valence-corrected chi connectivity index (χ3v) is 8.43. The van der Waals surface area contributed by atoms with E-state index in [1.807, 2.05) is 30.3 Å². The van der Waals surface area contributed by atoms with Gasteiger partial charge in [0.25, 0.3) is 5.91 Å². The first-order valence-electron chi connectivity index (χ1n) is 12.0. The third-order valence-electron chi connectivity index (χ3n) is 6.70. The molecule has 0 unspecified atom stereocenters. The molecule has 3 amide bonds. The van der Waals surface area contributed by atoms with Crippen molar-refractivity contribution in [2.24, 2.45) is 5.92 Å². The number of anilines is 2. The van der Waals surface area contributed by atoms with Crippen molar-refractivity contribution in [3.05, 3.63) is 70.2 Å². The van der Waals surface area contributed by atoms with Crippen LogP contribution in [0.25, 0.3) is 10.4 Å². The lowest BCUT2D eigenvalue weighted by Crippen LogP contribution is -2.57. The van der Waals surface area contributed by atoms with Crippen LogP contribution in [0.5, 0.6) is 0 Å². The van der Waals surface area contributed by atoms with Crippen LogP contribution in [0.2, 0.25) is 10.0 Å². The third kappa shape index (κ3) is 6.09. The van der Waals surface area contributed by atoms with Gasteiger partial charge in [-0.25, -0.2) is 9.59 Å². The Hall–Kier alpha value is -3.07. The molecule has 4 rings (SSSR count). The zero-order valence-corrected chi connectivity index (χ0v) is 22.5. The number of carbonyl (C=O) groups excluding carboxylic acids is 2. The predicted molar refractivity (Wildman–Crippen MR) is 149 cm³/mol. The number of hydrogen-bond acceptors (Lipinski definition) is 4. The predicted octanol–water partition coefficient (Wildman–Crippen LogP) is 7.52. The fourth-order valence-electron chi connectivity index (χ4n) is 4.58. The molecule has 0 aliphatic heterocycles. The number of aliphatic carboxylic acids is 1. The van der Waals surface area contributed by atoms with Crippen LogP contribution in [0.3, 0.4) is 0 Å². The fourth-order valence-corrected chi connectivity index (χ4v) is 6.12. The van der Waals surface area contributed by atoms with Gasteiger partial charge in [0.2, 0.25) is 0 Å². The Morgan fingerprint density at radius 2 is 1.59 bits per heavy atom. The maximum absolute atomic E-state index is 13.5. The highest BCUT2D eigenvalue weighted by molar-refractivity contribution is 7.20. The monoisotopic (exact) mass is 559 g/mol. The van der Waals surface area contributed by atoms with Gasteiger partial charge in [0.15, 0.2) is 0 Å². The van der Waals surface area contributed by atoms with Gasteiger partial charge >= 0.3 is 12.0 Å². The smallest absolute Gasteiger partial charge is 0.329 e. The zero-order chi connectivity index (χ0) is 26.6. The molecule has 1 fully saturated rings. The second kappa shape index (κ2) is 11.5. The average Bonchev–Trinajstić information content (AvgIpc) is 3.31. The summed E-state index contributed by atoms with van der Waals surface area (Å²) >= 11 is 13.6. The summed E-state index contributed by atoms with van der Waals surface area (Å²) in [4.78, 5) is 39.5. The molecule has 194 valence electrons. The van der Waals surface area contributed by atoms with Crippen molar-refractivity contribution < 1.29 is 19.5 Å². The average molecular weight is 561 g/mol. The minimum absolute atomic E-state index is 0.174. The molecule has 1 aromatic heterocycles. The van der Waals surface area contributed by atoms with E-state index in [1.54, 1.807) is 31.2 Å². The summed E-state index contributed by atoms with van der Waals surface area (Å²) in [7, 11) is 0. The lowest BCUT2D eigenvalue weighted by atomic mass is 9.75. The van der Waals surface area contributed by atoms with E-state index >= 15 is 0 Å². The summed E-state index contributed by atoms with van der Waals surface area (Å²) in [5.41, 5.74) is -0.161. The molecule has 1 atom stereocenters. The Balaban J connectivity index is 1.64. The summed E-state index contributed by atoms with van der Waals surface area (Å²) in [6.45, 7) is 1.56. The number of rotatable bonds is 7. The van der Waals surface area contributed by atoms with E-state index in [2.05, 4.69) is 16.0 Å². The Morgan fingerprint density at radius 1 is 0.946 bits per heavy atom. The van der Waals surface area contributed by atoms with Gasteiger partial charge in [0.1, 0.15) is 10.5 Å². The number of para-hydroxylation sites is 1. The molecule has 2 aromatic carbocycles. The highest BCUT2D eigenvalue weighted by Gasteiger charge is 2.43. The highest BCUT2D eigenvalue weighted by atomic mass is 35.5. The van der Waals surface area contributed by atoms with Gasteiger partial charge in [-0.05, 0) is 49.4 Å². The van der Waals surface area contributed by atoms with E-state index in [-0.39, 0.29) is 32.2 Å². The molecule has 0 spiro atoms. The van der Waals surface area contributed by atoms with E-state index in [0.717, 1.165) is 42.5 Å². The molecule has 37 heavy (non-hydrogen) atoms. The number of carboxylic acids is 1. The fraction of sp³-hybridized carbons (Fsp3) is 0.296. The first-order valence-corrected chi connectivity index (χ1v) is 13.5. The number of carbonyl (C=O) groups is 3. The summed E-state index contributed by atoms with van der Waals surface area (Å²) in [6, 6.07) is 15.3. The Bertz CT molecular complexity index is 1290. The Kier molecular flexibility index (Phi) is 8.42. The number of urea groups is 1. The van der Waals surface area contributed by atoms with E-state index < -0.39 is 23.4 Å². The highest BCUT2D eigenvalue weighted by Crippen LogP contribution is 2.38. The number of hydrogen-bond donors (Lipinski definition) is 4. The number of thiophene rings is 1. The van der Waals surface area contributed by atoms with Crippen LogP contribution >= 0.6 is 34.5 Å². The Labute approximate surface area is 229 Å². The van der Waals surface area contributed by atoms with Crippen LogP contribution in [-0.2, 0) is 4.79 Å². The molecule has 7 nitrogen and oxygen atoms in total. The number of nitrogens with one attached hydrogen (secondary N) is 3. The van der Waals surface area contributed by atoms with Crippen LogP contribution in [-0.4, -0.2) is 28.6 Å². The maximum Gasteiger partial charge on any atom is 0.329 e. The number of benzene rings is 2. The van der Waals surface area contributed by atoms with E-state index in [0.29, 0.717) is 0 Å². The molecule has 0 radical (unpaired) electrons. The van der Waals surface area contributed by atoms with Gasteiger partial charge in [-0.3, -0.25) is 10.1 Å². The molecule has 0 bridgehead atoms. The van der Waals surface area contributed by atoms with Crippen molar-refractivity contribution in [3.8, 4) is 10.4 Å². The number of amides is 3. The minimum Gasteiger partial charge on any atom is -0.480 e. The Morgan fingerprint density at radius 3 is 2.22 bits per heavy atom. The van der Waals surface area contributed by atoms with Crippen LogP contribution in [0.4, 0.5) is 15.5 Å². The molecular formula is C27H27Cl2N3O4S. The van der Waals surface area contributed by atoms with E-state index in [1.165, 1.54) is 11.3 Å². The van der Waals surface area contributed by atoms with Gasteiger partial charge in [0, 0.05) is 4.88 Å². The number of carboxylic acid groups (broad SMARTS) is 1. The molecule has 4 N–H and O–H groups in total. The standard InChI is InChI=1S/C27H27Cl2N3O4S/c1-27(25(34)35,17-11-6-3-7-12-17)32-23(33)18-15-21(16-9-4-2-5-10-16)37-24(18)31-26(36)30-22-19(28)13-8-14-20(22)29/h2,4-5,8-10,13-15,17H,3,6-7,11-12H2,1H3,(H,32,33)(H,34,35)(H2,30,31,36)/t27-/m0/s1. The normalized spacial score (nSPS) is 15.4. The van der Waals surface area contributed by atoms with Gasteiger partial charge in [-0.15, -0.1) is 11.3 Å². The second-order valence-electron chi connectivity index (χ2n) is 9.19. The summed E-state index contributed by atoms with van der Waals surface area (Å²) in [6.07, 6.45) is 4.38. The topological polar surface area (TPSA) is 108 Å². The van der Waals surface area contributed by atoms with Gasteiger partial charge in [-0.1, -0.05) is 78.9 Å². The lowest BCUT2D eigenvalue weighted by molar-refractivity contribution is -0.146. The SMILES string of the molecule is C[C@@](NC(=O)c1cc(-c2ccccc2)sc1NC(=O)Nc1c(Cl)cccc1Cl)(C(=O)O)C1CCCCC1. The molecule has 1 saturated carbocycles. The van der Waals surface area contributed by atoms with Crippen molar-refractivity contribution in [2.75, 3.05) is 10.6 Å². The summed E-state index contributed by atoms with van der Waals surface area (Å²) in [5, 5.41) is 19.0. The molecule has 1 aliphatic rings. The first-order chi connectivity index (χ1) is 17.7. The van der Waals surface area contributed by atoms with E-state index in [4.69, 9.17) is 23.2 Å². The van der Waals surface area contributed by atoms with Crippen molar-refractivity contribution in [2.45, 2.75) is 44.6 Å². The van der Waals surface area contributed by atoms with Crippen LogP contribution in [0.15, 0.2) is 54.6 Å². The molecule has 1 aliphatic carbocycles. The minimum atomic E-state index is -1.43. The summed E-state index contributed by atoms with van der Waals surface area (Å²) < 4.78 is 0. The quantitative estimate of drug-likeness (QED) is 0.240. The first kappa shape index (κ1) is 27.0. The van der Waals surface area contributed by atoms with Gasteiger partial charge in [-0.2, -0.15) is 0 Å². The second-order valence-corrected chi connectivity index (χ2v) is 11.1. The van der Waals surface area contributed by atoms with Crippen molar-refractivity contribution in [3.63, 3.8) is 0 Å². The van der Waals surface area contributed by atoms with Crippen molar-refractivity contribution in [1.29, 1.82) is 0 Å². The van der Waals surface area contributed by atoms with Crippen LogP contribution in [0, 0.1) is 5.92 Å². The molecular weight excluding hydrogens is 533 g/mol. The van der Waals surface area contributed by atoms with Crippen molar-refractivity contribution >= 4 is 63.1 Å². The van der Waals surface area contributed by atoms with Gasteiger partial charge < -0.3 is 15.7 Å². The zero-order valence-electron chi connectivity index (χ0n) is 20.1. The number of halogens is 2. The maximum atomic E-state index is 13.5. The van der Waals surface area contributed by atoms with Crippen molar-refractivity contribution in [1.82, 2.24) is 5.32 Å².